The van der Waals surface area contributed by atoms with Gasteiger partial charge in [0.15, 0.2) is 11.5 Å². The molecule has 4 rings (SSSR count). The number of Topliss-reactive ketones (excluding diaryl/α,β-unsaturated/α-hetero) is 1. The van der Waals surface area contributed by atoms with E-state index < -0.39 is 17.7 Å². The quantitative estimate of drug-likeness (QED) is 0.213. The van der Waals surface area contributed by atoms with E-state index in [4.69, 9.17) is 25.8 Å². The zero-order valence-corrected chi connectivity index (χ0v) is 22.9. The Morgan fingerprint density at radius 2 is 1.55 bits per heavy atom. The number of hydrogen-bond donors (Lipinski definition) is 1. The van der Waals surface area contributed by atoms with E-state index in [9.17, 15) is 14.7 Å². The van der Waals surface area contributed by atoms with Crippen molar-refractivity contribution >= 4 is 34.7 Å². The topological polar surface area (TPSA) is 85.3 Å². The highest BCUT2D eigenvalue weighted by molar-refractivity contribution is 6.52. The van der Waals surface area contributed by atoms with Gasteiger partial charge < -0.3 is 19.3 Å². The minimum absolute atomic E-state index is 0.0403. The fraction of sp³-hybridized carbons (Fsp3) is 0.267. The second-order valence-corrected chi connectivity index (χ2v) is 9.76. The van der Waals surface area contributed by atoms with E-state index in [1.54, 1.807) is 61.7 Å². The van der Waals surface area contributed by atoms with Crippen LogP contribution in [-0.2, 0) is 9.59 Å². The molecule has 1 saturated heterocycles. The van der Waals surface area contributed by atoms with Crippen LogP contribution in [0.2, 0.25) is 5.02 Å². The van der Waals surface area contributed by atoms with E-state index in [-0.39, 0.29) is 17.3 Å². The first-order valence-corrected chi connectivity index (χ1v) is 12.5. The van der Waals surface area contributed by atoms with Crippen molar-refractivity contribution in [3.05, 3.63) is 87.4 Å². The van der Waals surface area contributed by atoms with E-state index in [1.165, 1.54) is 19.1 Å². The number of benzene rings is 3. The molecule has 7 nitrogen and oxygen atoms in total. The van der Waals surface area contributed by atoms with Crippen molar-refractivity contribution in [2.45, 2.75) is 32.7 Å². The van der Waals surface area contributed by atoms with Crippen molar-refractivity contribution in [3.8, 4) is 17.2 Å². The molecule has 0 spiro atoms. The average molecular weight is 536 g/mol. The predicted molar refractivity (Wildman–Crippen MR) is 148 cm³/mol. The van der Waals surface area contributed by atoms with Crippen LogP contribution >= 0.6 is 11.6 Å². The minimum atomic E-state index is -0.948. The second-order valence-electron chi connectivity index (χ2n) is 9.33. The molecule has 38 heavy (non-hydrogen) atoms. The van der Waals surface area contributed by atoms with Gasteiger partial charge in [0, 0.05) is 16.3 Å². The number of aliphatic hydroxyl groups excluding tert-OH is 1. The van der Waals surface area contributed by atoms with Crippen molar-refractivity contribution < 1.29 is 28.9 Å². The molecule has 1 unspecified atom stereocenters. The van der Waals surface area contributed by atoms with E-state index >= 15 is 0 Å². The maximum atomic E-state index is 13.6. The van der Waals surface area contributed by atoms with Crippen molar-refractivity contribution in [1.29, 1.82) is 0 Å². The van der Waals surface area contributed by atoms with Crippen molar-refractivity contribution in [1.82, 2.24) is 0 Å². The maximum absolute atomic E-state index is 13.6. The molecule has 0 aliphatic carbocycles. The first-order valence-electron chi connectivity index (χ1n) is 12.1. The van der Waals surface area contributed by atoms with E-state index in [0.717, 1.165) is 11.1 Å². The highest BCUT2D eigenvalue weighted by Gasteiger charge is 2.47. The lowest BCUT2D eigenvalue weighted by Gasteiger charge is -2.27. The number of halogens is 1. The third kappa shape index (κ3) is 4.70. The Kier molecular flexibility index (Phi) is 7.69. The standard InChI is InChI=1S/C30H30ClNO6/c1-16(2)21-13-19(9-11-23(21)36-4)28(33)26-27(18-8-12-24(37-5)25(14-18)38-6)32(30(35)29(26)34)22-15-20(31)10-7-17(22)3/h7-16,27,33H,1-6H3/b28-26+. The Balaban J connectivity index is 2.01. The maximum Gasteiger partial charge on any atom is 0.300 e. The highest BCUT2D eigenvalue weighted by atomic mass is 35.5. The third-order valence-corrected chi connectivity index (χ3v) is 6.96. The molecule has 1 N–H and O–H groups in total. The largest absolute Gasteiger partial charge is 0.507 e. The van der Waals surface area contributed by atoms with E-state index in [1.807, 2.05) is 20.8 Å². The van der Waals surface area contributed by atoms with Gasteiger partial charge in [0.05, 0.1) is 32.9 Å². The lowest BCUT2D eigenvalue weighted by Crippen LogP contribution is -2.30. The Morgan fingerprint density at radius 3 is 2.18 bits per heavy atom. The van der Waals surface area contributed by atoms with Crippen LogP contribution in [-0.4, -0.2) is 38.1 Å². The van der Waals surface area contributed by atoms with Crippen LogP contribution < -0.4 is 19.1 Å². The predicted octanol–water partition coefficient (Wildman–Crippen LogP) is 6.42. The van der Waals surface area contributed by atoms with Crippen LogP contribution in [0.15, 0.2) is 60.2 Å². The van der Waals surface area contributed by atoms with Gasteiger partial charge in [-0.1, -0.05) is 37.6 Å². The molecule has 8 heteroatoms. The molecule has 1 amide bonds. The fourth-order valence-electron chi connectivity index (χ4n) is 4.75. The number of carbonyl (C=O) groups is 2. The van der Waals surface area contributed by atoms with Crippen LogP contribution in [0.1, 0.15) is 48.1 Å². The second kappa shape index (κ2) is 10.8. The number of rotatable bonds is 7. The summed E-state index contributed by atoms with van der Waals surface area (Å²) in [5.41, 5.74) is 2.99. The molecule has 1 fully saturated rings. The fourth-order valence-corrected chi connectivity index (χ4v) is 4.92. The summed E-state index contributed by atoms with van der Waals surface area (Å²) in [6.45, 7) is 5.84. The molecule has 1 aliphatic heterocycles. The normalized spacial score (nSPS) is 16.7. The van der Waals surface area contributed by atoms with Gasteiger partial charge in [-0.15, -0.1) is 0 Å². The lowest BCUT2D eigenvalue weighted by molar-refractivity contribution is -0.132. The minimum Gasteiger partial charge on any atom is -0.507 e. The molecule has 198 valence electrons. The summed E-state index contributed by atoms with van der Waals surface area (Å²) in [6.07, 6.45) is 0. The first-order chi connectivity index (χ1) is 18.1. The number of aliphatic hydroxyl groups is 1. The molecule has 1 atom stereocenters. The van der Waals surface area contributed by atoms with Crippen LogP contribution in [0, 0.1) is 6.92 Å². The van der Waals surface area contributed by atoms with Crippen molar-refractivity contribution in [2.24, 2.45) is 0 Å². The number of carbonyl (C=O) groups excluding carboxylic acids is 2. The van der Waals surface area contributed by atoms with Gasteiger partial charge in [0.1, 0.15) is 11.5 Å². The van der Waals surface area contributed by atoms with Crippen LogP contribution in [0.3, 0.4) is 0 Å². The van der Waals surface area contributed by atoms with Gasteiger partial charge in [-0.3, -0.25) is 14.5 Å². The number of ether oxygens (including phenoxy) is 3. The smallest absolute Gasteiger partial charge is 0.300 e. The lowest BCUT2D eigenvalue weighted by atomic mass is 9.92. The molecule has 0 aromatic heterocycles. The van der Waals surface area contributed by atoms with Gasteiger partial charge >= 0.3 is 0 Å². The van der Waals surface area contributed by atoms with Crippen molar-refractivity contribution in [2.75, 3.05) is 26.2 Å². The molecule has 1 aliphatic rings. The molecular weight excluding hydrogens is 506 g/mol. The van der Waals surface area contributed by atoms with Crippen LogP contribution in [0.5, 0.6) is 17.2 Å². The van der Waals surface area contributed by atoms with E-state index in [0.29, 0.717) is 39.1 Å². The van der Waals surface area contributed by atoms with Gasteiger partial charge in [-0.25, -0.2) is 0 Å². The summed E-state index contributed by atoms with van der Waals surface area (Å²) < 4.78 is 16.4. The zero-order chi connectivity index (χ0) is 27.7. The number of ketones is 1. The van der Waals surface area contributed by atoms with Crippen LogP contribution in [0.25, 0.3) is 5.76 Å². The van der Waals surface area contributed by atoms with Crippen molar-refractivity contribution in [3.63, 3.8) is 0 Å². The first kappa shape index (κ1) is 27.1. The Bertz CT molecular complexity index is 1440. The molecule has 0 radical (unpaired) electrons. The zero-order valence-electron chi connectivity index (χ0n) is 22.2. The summed E-state index contributed by atoms with van der Waals surface area (Å²) >= 11 is 6.30. The van der Waals surface area contributed by atoms with Crippen LogP contribution in [0.4, 0.5) is 5.69 Å². The average Bonchev–Trinajstić information content (AvgIpc) is 3.18. The third-order valence-electron chi connectivity index (χ3n) is 6.72. The van der Waals surface area contributed by atoms with E-state index in [2.05, 4.69) is 0 Å². The molecule has 0 bridgehead atoms. The number of anilines is 1. The summed E-state index contributed by atoms with van der Waals surface area (Å²) in [7, 11) is 4.61. The number of nitrogens with zero attached hydrogens (tertiary/aromatic N) is 1. The number of aryl methyl sites for hydroxylation is 1. The molecule has 1 heterocycles. The number of hydrogen-bond acceptors (Lipinski definition) is 6. The number of methoxy groups -OCH3 is 3. The summed E-state index contributed by atoms with van der Waals surface area (Å²) in [6, 6.07) is 14.5. The van der Waals surface area contributed by atoms with Gasteiger partial charge in [0.2, 0.25) is 0 Å². The molecular formula is C30H30ClNO6. The van der Waals surface area contributed by atoms with Gasteiger partial charge in [-0.05, 0) is 72.0 Å². The monoisotopic (exact) mass is 535 g/mol. The molecule has 0 saturated carbocycles. The Hall–Kier alpha value is -3.97. The summed E-state index contributed by atoms with van der Waals surface area (Å²) in [5.74, 6) is -0.180. The van der Waals surface area contributed by atoms with Gasteiger partial charge in [0.25, 0.3) is 11.7 Å². The highest BCUT2D eigenvalue weighted by Crippen LogP contribution is 2.45. The Morgan fingerprint density at radius 1 is 0.895 bits per heavy atom. The molecule has 3 aromatic rings. The Labute approximate surface area is 227 Å². The number of amides is 1. The van der Waals surface area contributed by atoms with Gasteiger partial charge in [-0.2, -0.15) is 0 Å². The summed E-state index contributed by atoms with van der Waals surface area (Å²) in [4.78, 5) is 28.5. The molecule has 3 aromatic carbocycles. The SMILES string of the molecule is COc1ccc(C2/C(=C(\O)c3ccc(OC)c(C(C)C)c3)C(=O)C(=O)N2c2cc(Cl)ccc2C)cc1OC. The summed E-state index contributed by atoms with van der Waals surface area (Å²) in [5, 5.41) is 12.0.